The molecule has 2 atom stereocenters. The zero-order valence-electron chi connectivity index (χ0n) is 26.1. The lowest BCUT2D eigenvalue weighted by Crippen LogP contribution is -2.41. The molecule has 2 aromatic heterocycles. The lowest BCUT2D eigenvalue weighted by atomic mass is 9.55. The van der Waals surface area contributed by atoms with Crippen molar-refractivity contribution >= 4 is 25.4 Å². The highest BCUT2D eigenvalue weighted by molar-refractivity contribution is 6.61. The van der Waals surface area contributed by atoms with E-state index in [1.807, 2.05) is 55.4 Å². The minimum absolute atomic E-state index is 0.00222. The van der Waals surface area contributed by atoms with Gasteiger partial charge in [0.15, 0.2) is 6.71 Å². The largest absolute Gasteiger partial charge is 0.301 e. The van der Waals surface area contributed by atoms with Crippen molar-refractivity contribution in [3.63, 3.8) is 0 Å². The maximum absolute atomic E-state index is 11.0. The van der Waals surface area contributed by atoms with Crippen LogP contribution in [0.3, 0.4) is 0 Å². The number of aldehydes is 2. The van der Waals surface area contributed by atoms with E-state index in [0.29, 0.717) is 6.71 Å². The first kappa shape index (κ1) is 33.9. The first-order valence-electron chi connectivity index (χ1n) is 14.4. The average Bonchev–Trinajstić information content (AvgIpc) is 3.72. The summed E-state index contributed by atoms with van der Waals surface area (Å²) in [7, 11) is 0. The predicted molar refractivity (Wildman–Crippen MR) is 166 cm³/mol. The second kappa shape index (κ2) is 16.8. The summed E-state index contributed by atoms with van der Waals surface area (Å²) in [5.41, 5.74) is 6.69. The third-order valence-corrected chi connectivity index (χ3v) is 7.20. The molecule has 4 heterocycles. The monoisotopic (exact) mass is 538 g/mol. The summed E-state index contributed by atoms with van der Waals surface area (Å²) < 4.78 is 0. The van der Waals surface area contributed by atoms with Crippen molar-refractivity contribution in [1.29, 1.82) is 0 Å². The van der Waals surface area contributed by atoms with Gasteiger partial charge in [-0.05, 0) is 84.4 Å². The Balaban J connectivity index is 0.000000318. The van der Waals surface area contributed by atoms with E-state index in [9.17, 15) is 9.59 Å². The second-order valence-corrected chi connectivity index (χ2v) is 10.2. The highest BCUT2D eigenvalue weighted by atomic mass is 16.1. The van der Waals surface area contributed by atoms with Gasteiger partial charge in [0.2, 0.25) is 0 Å². The fourth-order valence-electron chi connectivity index (χ4n) is 4.41. The molecule has 0 unspecified atom stereocenters. The zero-order chi connectivity index (χ0) is 29.7. The van der Waals surface area contributed by atoms with E-state index < -0.39 is 0 Å². The normalized spacial score (nSPS) is 18.0. The van der Waals surface area contributed by atoms with Gasteiger partial charge in [0.1, 0.15) is 24.7 Å². The number of carbonyl (C=O) groups is 2. The first-order chi connectivity index (χ1) is 18.6. The minimum Gasteiger partial charge on any atom is -0.301 e. The number of hydrogen-bond donors (Lipinski definition) is 0. The van der Waals surface area contributed by atoms with Crippen molar-refractivity contribution in [2.75, 3.05) is 23.1 Å². The molecule has 8 nitrogen and oxygen atoms in total. The Morgan fingerprint density at radius 1 is 0.821 bits per heavy atom. The van der Waals surface area contributed by atoms with Crippen molar-refractivity contribution < 1.29 is 9.59 Å². The molecule has 0 N–H and O–H groups in total. The van der Waals surface area contributed by atoms with Gasteiger partial charge in [-0.3, -0.25) is 10.0 Å². The molecule has 0 spiro atoms. The van der Waals surface area contributed by atoms with Gasteiger partial charge in [0.25, 0.3) is 0 Å². The van der Waals surface area contributed by atoms with Crippen LogP contribution in [0.2, 0.25) is 13.6 Å². The van der Waals surface area contributed by atoms with Gasteiger partial charge < -0.3 is 9.59 Å². The van der Waals surface area contributed by atoms with E-state index >= 15 is 0 Å². The number of aromatic nitrogens is 4. The quantitative estimate of drug-likeness (QED) is 0.361. The van der Waals surface area contributed by atoms with Crippen molar-refractivity contribution in [2.45, 2.75) is 107 Å². The molecule has 2 aliphatic heterocycles. The van der Waals surface area contributed by atoms with Crippen molar-refractivity contribution in [1.82, 2.24) is 19.8 Å². The van der Waals surface area contributed by atoms with Crippen LogP contribution >= 0.6 is 0 Å². The lowest BCUT2D eigenvalue weighted by molar-refractivity contribution is -0.109. The van der Waals surface area contributed by atoms with Crippen LogP contribution in [0.1, 0.15) is 80.4 Å². The second-order valence-electron chi connectivity index (χ2n) is 10.2. The van der Waals surface area contributed by atoms with Gasteiger partial charge in [-0.25, -0.2) is 0 Å². The van der Waals surface area contributed by atoms with E-state index in [4.69, 9.17) is 0 Å². The van der Waals surface area contributed by atoms with Crippen LogP contribution in [0.15, 0.2) is 18.6 Å². The summed E-state index contributed by atoms with van der Waals surface area (Å²) in [5, 5.41) is 13.2. The molecule has 2 aromatic rings. The predicted octanol–water partition coefficient (Wildman–Crippen LogP) is 5.43. The first-order valence-corrected chi connectivity index (χ1v) is 14.4. The molecule has 0 aliphatic carbocycles. The van der Waals surface area contributed by atoms with Crippen LogP contribution in [0, 0.1) is 34.6 Å². The highest BCUT2D eigenvalue weighted by Crippen LogP contribution is 2.20. The van der Waals surface area contributed by atoms with Gasteiger partial charge in [-0.2, -0.15) is 19.8 Å². The summed E-state index contributed by atoms with van der Waals surface area (Å²) >= 11 is 0. The van der Waals surface area contributed by atoms with Crippen molar-refractivity contribution in [3.8, 4) is 0 Å². The van der Waals surface area contributed by atoms with Crippen LogP contribution in [0.5, 0.6) is 0 Å². The van der Waals surface area contributed by atoms with E-state index in [2.05, 4.69) is 68.1 Å². The molecule has 0 saturated carbocycles. The van der Waals surface area contributed by atoms with Crippen molar-refractivity contribution in [2.24, 2.45) is 0 Å². The highest BCUT2D eigenvalue weighted by Gasteiger charge is 2.27. The Bertz CT molecular complexity index is 1090. The molecular formula is C30H51BN6O2. The Morgan fingerprint density at radius 3 is 1.62 bits per heavy atom. The van der Waals surface area contributed by atoms with Crippen LogP contribution in [-0.2, 0) is 9.59 Å². The molecule has 4 rings (SSSR count). The molecule has 0 radical (unpaired) electrons. The number of hydrogen-bond acceptors (Lipinski definition) is 6. The molecule has 0 bridgehead atoms. The summed E-state index contributed by atoms with van der Waals surface area (Å²) in [6.07, 6.45) is 10.0. The molecule has 2 saturated heterocycles. The molecule has 0 aromatic carbocycles. The van der Waals surface area contributed by atoms with E-state index in [1.54, 1.807) is 0 Å². The zero-order valence-corrected chi connectivity index (χ0v) is 26.1. The molecule has 216 valence electrons. The average molecular weight is 539 g/mol. The fraction of sp³-hybridized carbons (Fsp3) is 0.600. The number of aryl methyl sites for hydroxylation is 1. The SMILES string of the molecule is C/C=C/c1nn(N2CCC[C@H]2C=O)c(C)c1C.C=CB(C)C.CC.Cc1nn(N2CCC[C@H]2C=O)c(C)c1C. The summed E-state index contributed by atoms with van der Waals surface area (Å²) in [5.74, 6) is 1.92. The lowest BCUT2D eigenvalue weighted by Gasteiger charge is -2.23. The maximum atomic E-state index is 11.0. The van der Waals surface area contributed by atoms with Gasteiger partial charge in [-0.15, -0.1) is 12.6 Å². The van der Waals surface area contributed by atoms with Gasteiger partial charge in [0.05, 0.1) is 22.8 Å². The number of nitrogens with zero attached hydrogens (tertiary/aromatic N) is 6. The van der Waals surface area contributed by atoms with Gasteiger partial charge in [-0.1, -0.05) is 33.6 Å². The molecule has 0 amide bonds. The van der Waals surface area contributed by atoms with Crippen LogP contribution < -0.4 is 10.0 Å². The van der Waals surface area contributed by atoms with Gasteiger partial charge in [0, 0.05) is 13.1 Å². The summed E-state index contributed by atoms with van der Waals surface area (Å²) in [4.78, 5) is 25.7. The number of allylic oxidation sites excluding steroid dienone is 1. The molecule has 9 heteroatoms. The van der Waals surface area contributed by atoms with E-state index in [0.717, 1.165) is 74.1 Å². The van der Waals surface area contributed by atoms with Crippen LogP contribution in [0.25, 0.3) is 6.08 Å². The van der Waals surface area contributed by atoms with Crippen LogP contribution in [-0.4, -0.2) is 64.2 Å². The third-order valence-electron chi connectivity index (χ3n) is 7.20. The topological polar surface area (TPSA) is 76.3 Å². The molecule has 2 fully saturated rings. The van der Waals surface area contributed by atoms with E-state index in [1.165, 1.54) is 11.1 Å². The van der Waals surface area contributed by atoms with Crippen molar-refractivity contribution in [3.05, 3.63) is 52.5 Å². The number of carbonyl (C=O) groups excluding carboxylic acids is 2. The van der Waals surface area contributed by atoms with Gasteiger partial charge >= 0.3 is 0 Å². The Hall–Kier alpha value is -3.10. The fourth-order valence-corrected chi connectivity index (χ4v) is 4.41. The number of rotatable bonds is 6. The standard InChI is InChI=1S/C13H19N3O.C11H17N3O.C4H9B.C2H6/c1-4-6-13-10(2)11(3)16(14-13)15-8-5-7-12(15)9-17;1-8-9(2)12-14(10(8)3)13-6-4-5-11(13)7-15;1-4-5(2)3;1-2/h4,6,9,12H,5,7-8H2,1-3H3;7,11H,4-6H2,1-3H3;4H,1H2,2-3H3;1-2H3/b6-4+;;;/t12-;11-;;/m00../s1. The van der Waals surface area contributed by atoms with Crippen LogP contribution in [0.4, 0.5) is 0 Å². The Morgan fingerprint density at radius 2 is 1.26 bits per heavy atom. The molecule has 39 heavy (non-hydrogen) atoms. The summed E-state index contributed by atoms with van der Waals surface area (Å²) in [6, 6.07) is -0.0196. The Kier molecular flexibility index (Phi) is 14.6. The molecule has 2 aliphatic rings. The summed E-state index contributed by atoms with van der Waals surface area (Å²) in [6.45, 7) is 26.5. The minimum atomic E-state index is -0.0218. The van der Waals surface area contributed by atoms with E-state index in [-0.39, 0.29) is 12.1 Å². The Labute approximate surface area is 237 Å². The smallest absolute Gasteiger partial charge is 0.159 e. The third kappa shape index (κ3) is 8.70. The molecular weight excluding hydrogens is 487 g/mol. The maximum Gasteiger partial charge on any atom is 0.159 e.